The van der Waals surface area contributed by atoms with Gasteiger partial charge in [-0.1, -0.05) is 42.5 Å². The molecule has 6 aromatic rings. The zero-order chi connectivity index (χ0) is 32.0. The number of halogens is 2. The van der Waals surface area contributed by atoms with Gasteiger partial charge in [-0.15, -0.1) is 0 Å². The number of hydrogen-bond acceptors (Lipinski definition) is 7. The lowest BCUT2D eigenvalue weighted by Crippen LogP contribution is -2.26. The first kappa shape index (κ1) is 29.9. The predicted molar refractivity (Wildman–Crippen MR) is 170 cm³/mol. The van der Waals surface area contributed by atoms with Crippen LogP contribution in [0.2, 0.25) is 0 Å². The zero-order valence-corrected chi connectivity index (χ0v) is 24.5. The van der Waals surface area contributed by atoms with Crippen LogP contribution in [0.5, 0.6) is 11.5 Å². The van der Waals surface area contributed by atoms with Crippen LogP contribution in [0, 0.1) is 11.6 Å². The number of rotatable bonds is 10. The third kappa shape index (κ3) is 6.68. The number of nitrogens with one attached hydrogen (secondary N) is 2. The van der Waals surface area contributed by atoms with E-state index in [0.29, 0.717) is 40.4 Å². The Morgan fingerprint density at radius 2 is 1.67 bits per heavy atom. The number of benzene rings is 4. The standard InChI is InChI=1S/C35H27F2N5O4/c1-45-31-17-30-27(16-32(31)46-20-23-5-3-2-4-6-23)34(40-21-39-30)41-29-13-12-26(15-28(29)37)42-19-24(9-14-33(42)43)35(44)38-18-22-7-10-25(36)11-8-22/h2-17,19,21H,18,20H2,1H3,(H,38,44)(H,39,40,41). The number of carbonyl (C=O) groups excluding carboxylic acids is 1. The number of fused-ring (bicyclic) bond motifs is 1. The first-order valence-corrected chi connectivity index (χ1v) is 14.2. The average Bonchev–Trinajstić information content (AvgIpc) is 3.08. The quantitative estimate of drug-likeness (QED) is 0.185. The Kier molecular flexibility index (Phi) is 8.64. The fraction of sp³-hybridized carbons (Fsp3) is 0.0857. The number of aromatic nitrogens is 3. The van der Waals surface area contributed by atoms with Gasteiger partial charge in [0.25, 0.3) is 11.5 Å². The van der Waals surface area contributed by atoms with Gasteiger partial charge in [-0.25, -0.2) is 18.7 Å². The average molecular weight is 620 g/mol. The van der Waals surface area contributed by atoms with Crippen LogP contribution in [-0.2, 0) is 13.2 Å². The first-order valence-electron chi connectivity index (χ1n) is 14.2. The van der Waals surface area contributed by atoms with E-state index in [9.17, 15) is 14.0 Å². The molecule has 0 bridgehead atoms. The lowest BCUT2D eigenvalue weighted by Gasteiger charge is -2.15. The van der Waals surface area contributed by atoms with Gasteiger partial charge >= 0.3 is 0 Å². The SMILES string of the molecule is COc1cc2ncnc(Nc3ccc(-n4cc(C(=O)NCc5ccc(F)cc5)ccc4=O)cc3F)c2cc1OCc1ccccc1. The summed E-state index contributed by atoms with van der Waals surface area (Å²) < 4.78 is 41.4. The number of ether oxygens (including phenoxy) is 2. The molecule has 0 saturated heterocycles. The molecular weight excluding hydrogens is 592 g/mol. The van der Waals surface area contributed by atoms with Gasteiger partial charge in [0, 0.05) is 36.3 Å². The maximum absolute atomic E-state index is 15.5. The molecule has 0 aliphatic heterocycles. The molecule has 11 heteroatoms. The molecule has 46 heavy (non-hydrogen) atoms. The van der Waals surface area contributed by atoms with Crippen molar-refractivity contribution in [1.82, 2.24) is 19.9 Å². The van der Waals surface area contributed by atoms with Crippen molar-refractivity contribution < 1.29 is 23.0 Å². The van der Waals surface area contributed by atoms with Gasteiger partial charge < -0.3 is 20.1 Å². The van der Waals surface area contributed by atoms with E-state index in [1.165, 1.54) is 60.6 Å². The number of carbonyl (C=O) groups is 1. The molecule has 9 nitrogen and oxygen atoms in total. The number of anilines is 2. The minimum absolute atomic E-state index is 0.104. The van der Waals surface area contributed by atoms with Crippen LogP contribution in [0.15, 0.2) is 114 Å². The minimum atomic E-state index is -0.656. The Balaban J connectivity index is 1.23. The van der Waals surface area contributed by atoms with E-state index in [0.717, 1.165) is 5.56 Å². The van der Waals surface area contributed by atoms with E-state index < -0.39 is 17.3 Å². The highest BCUT2D eigenvalue weighted by Crippen LogP contribution is 2.35. The molecular formula is C35H27F2N5O4. The van der Waals surface area contributed by atoms with Gasteiger partial charge in [0.1, 0.15) is 30.4 Å². The van der Waals surface area contributed by atoms with E-state index in [1.807, 2.05) is 30.3 Å². The summed E-state index contributed by atoms with van der Waals surface area (Å²) in [5.41, 5.74) is 2.30. The number of nitrogens with zero attached hydrogens (tertiary/aromatic N) is 3. The number of hydrogen-bond donors (Lipinski definition) is 2. The highest BCUT2D eigenvalue weighted by molar-refractivity contribution is 5.94. The molecule has 1 amide bonds. The van der Waals surface area contributed by atoms with Crippen molar-refractivity contribution in [2.75, 3.05) is 12.4 Å². The molecule has 0 spiro atoms. The Hall–Kier alpha value is -6.10. The molecule has 4 aromatic carbocycles. The molecule has 2 heterocycles. The summed E-state index contributed by atoms with van der Waals surface area (Å²) in [4.78, 5) is 34.1. The number of methoxy groups -OCH3 is 1. The van der Waals surface area contributed by atoms with Crippen LogP contribution >= 0.6 is 0 Å². The molecule has 230 valence electrons. The molecule has 2 N–H and O–H groups in total. The summed E-state index contributed by atoms with van der Waals surface area (Å²) in [6.45, 7) is 0.476. The Morgan fingerprint density at radius 1 is 0.870 bits per heavy atom. The van der Waals surface area contributed by atoms with Gasteiger partial charge in [0.05, 0.1) is 29.6 Å². The Labute approximate surface area is 262 Å². The van der Waals surface area contributed by atoms with Crippen LogP contribution < -0.4 is 25.7 Å². The van der Waals surface area contributed by atoms with Crippen molar-refractivity contribution in [1.29, 1.82) is 0 Å². The number of pyridine rings is 1. The zero-order valence-electron chi connectivity index (χ0n) is 24.5. The summed E-state index contributed by atoms with van der Waals surface area (Å²) in [5, 5.41) is 6.32. The highest BCUT2D eigenvalue weighted by atomic mass is 19.1. The third-order valence-corrected chi connectivity index (χ3v) is 7.18. The normalized spacial score (nSPS) is 10.8. The van der Waals surface area contributed by atoms with Crippen LogP contribution in [0.4, 0.5) is 20.3 Å². The van der Waals surface area contributed by atoms with E-state index in [1.54, 1.807) is 30.3 Å². The second-order valence-corrected chi connectivity index (χ2v) is 10.2. The Bertz CT molecular complexity index is 2090. The fourth-order valence-electron chi connectivity index (χ4n) is 4.76. The molecule has 2 aromatic heterocycles. The van der Waals surface area contributed by atoms with Gasteiger partial charge in [0.15, 0.2) is 11.5 Å². The maximum Gasteiger partial charge on any atom is 0.255 e. The molecule has 0 atom stereocenters. The molecule has 0 aliphatic rings. The van der Waals surface area contributed by atoms with Gasteiger partial charge in [-0.3, -0.25) is 14.2 Å². The smallest absolute Gasteiger partial charge is 0.255 e. The molecule has 0 fully saturated rings. The summed E-state index contributed by atoms with van der Waals surface area (Å²) in [6.07, 6.45) is 2.69. The molecule has 0 radical (unpaired) electrons. The first-order chi connectivity index (χ1) is 22.4. The molecule has 0 unspecified atom stereocenters. The highest BCUT2D eigenvalue weighted by Gasteiger charge is 2.15. The van der Waals surface area contributed by atoms with Crippen molar-refractivity contribution >= 4 is 28.3 Å². The monoisotopic (exact) mass is 619 g/mol. The summed E-state index contributed by atoms with van der Waals surface area (Å²) in [6, 6.07) is 25.7. The van der Waals surface area contributed by atoms with E-state index >= 15 is 4.39 Å². The third-order valence-electron chi connectivity index (χ3n) is 7.18. The van der Waals surface area contributed by atoms with Crippen LogP contribution in [0.25, 0.3) is 16.6 Å². The summed E-state index contributed by atoms with van der Waals surface area (Å²) in [7, 11) is 1.54. The van der Waals surface area contributed by atoms with E-state index in [-0.39, 0.29) is 29.3 Å². The second kappa shape index (κ2) is 13.3. The van der Waals surface area contributed by atoms with Crippen molar-refractivity contribution in [2.24, 2.45) is 0 Å². The minimum Gasteiger partial charge on any atom is -0.493 e. The van der Waals surface area contributed by atoms with E-state index in [4.69, 9.17) is 9.47 Å². The van der Waals surface area contributed by atoms with Crippen LogP contribution in [-0.4, -0.2) is 27.6 Å². The Morgan fingerprint density at radius 3 is 2.43 bits per heavy atom. The van der Waals surface area contributed by atoms with Crippen molar-refractivity contribution in [2.45, 2.75) is 13.2 Å². The second-order valence-electron chi connectivity index (χ2n) is 10.2. The lowest BCUT2D eigenvalue weighted by molar-refractivity contribution is 0.0950. The maximum atomic E-state index is 15.5. The molecule has 0 saturated carbocycles. The summed E-state index contributed by atoms with van der Waals surface area (Å²) in [5.74, 6) is -0.192. The van der Waals surface area contributed by atoms with E-state index in [2.05, 4.69) is 20.6 Å². The molecule has 0 aliphatic carbocycles. The van der Waals surface area contributed by atoms with Crippen molar-refractivity contribution in [3.05, 3.63) is 148 Å². The van der Waals surface area contributed by atoms with Gasteiger partial charge in [-0.05, 0) is 47.5 Å². The topological polar surface area (TPSA) is 107 Å². The predicted octanol–water partition coefficient (Wildman–Crippen LogP) is 6.32. The van der Waals surface area contributed by atoms with Gasteiger partial charge in [0.2, 0.25) is 0 Å². The van der Waals surface area contributed by atoms with Crippen molar-refractivity contribution in [3.8, 4) is 17.2 Å². The summed E-state index contributed by atoms with van der Waals surface area (Å²) >= 11 is 0. The lowest BCUT2D eigenvalue weighted by atomic mass is 10.2. The largest absolute Gasteiger partial charge is 0.493 e. The molecule has 6 rings (SSSR count). The van der Waals surface area contributed by atoms with Crippen LogP contribution in [0.3, 0.4) is 0 Å². The van der Waals surface area contributed by atoms with Crippen LogP contribution in [0.1, 0.15) is 21.5 Å². The fourth-order valence-corrected chi connectivity index (χ4v) is 4.76. The van der Waals surface area contributed by atoms with Gasteiger partial charge in [-0.2, -0.15) is 0 Å². The number of amides is 1. The van der Waals surface area contributed by atoms with Crippen molar-refractivity contribution in [3.63, 3.8) is 0 Å².